The predicted octanol–water partition coefficient (Wildman–Crippen LogP) is 1.65. The molecule has 0 saturated heterocycles. The maximum absolute atomic E-state index is 12.5. The fourth-order valence-electron chi connectivity index (χ4n) is 0.555. The zero-order valence-corrected chi connectivity index (χ0v) is 7.47. The van der Waals surface area contributed by atoms with Crippen LogP contribution in [0.25, 0.3) is 0 Å². The van der Waals surface area contributed by atoms with E-state index in [0.717, 1.165) is 0 Å². The van der Waals surface area contributed by atoms with Crippen molar-refractivity contribution >= 4 is 16.3 Å². The Morgan fingerprint density at radius 2 is 1.25 bits per heavy atom. The molecular formula is C4F8O3S. The first-order valence-corrected chi connectivity index (χ1v) is 4.35. The molecule has 3 nitrogen and oxygen atoms in total. The largest absolute Gasteiger partial charge is 0.458 e. The van der Waals surface area contributed by atoms with Gasteiger partial charge >= 0.3 is 33.4 Å². The zero-order chi connectivity index (χ0) is 13.6. The van der Waals surface area contributed by atoms with Gasteiger partial charge in [-0.15, -0.1) is 3.89 Å². The van der Waals surface area contributed by atoms with E-state index in [1.54, 1.807) is 0 Å². The van der Waals surface area contributed by atoms with Gasteiger partial charge in [0, 0.05) is 0 Å². The van der Waals surface area contributed by atoms with E-state index < -0.39 is 33.4 Å². The first-order chi connectivity index (χ1) is 6.69. The SMILES string of the molecule is O=C(F)C(F)(C(F)(F)C(F)(F)F)S(=O)(=O)F. The fraction of sp³-hybridized carbons (Fsp3) is 0.750. The third kappa shape index (κ3) is 1.85. The summed E-state index contributed by atoms with van der Waals surface area (Å²) in [5.41, 5.74) is 0. The minimum absolute atomic E-state index is 4.31. The maximum atomic E-state index is 12.5. The fourth-order valence-corrected chi connectivity index (χ4v) is 1.17. The summed E-state index contributed by atoms with van der Waals surface area (Å²) in [6, 6.07) is -4.31. The molecular weight excluding hydrogens is 280 g/mol. The third-order valence-corrected chi connectivity index (χ3v) is 2.44. The highest BCUT2D eigenvalue weighted by atomic mass is 32.3. The van der Waals surface area contributed by atoms with Gasteiger partial charge in [-0.2, -0.15) is 34.8 Å². The molecule has 0 aliphatic heterocycles. The third-order valence-electron chi connectivity index (χ3n) is 1.35. The van der Waals surface area contributed by atoms with Crippen molar-refractivity contribution < 1.29 is 47.8 Å². The summed E-state index contributed by atoms with van der Waals surface area (Å²) in [5.74, 6) is -7.06. The van der Waals surface area contributed by atoms with Crippen molar-refractivity contribution in [2.45, 2.75) is 17.1 Å². The van der Waals surface area contributed by atoms with Crippen LogP contribution in [0.1, 0.15) is 0 Å². The molecule has 0 saturated carbocycles. The molecule has 96 valence electrons. The molecule has 0 aliphatic carbocycles. The predicted molar refractivity (Wildman–Crippen MR) is 31.0 cm³/mol. The second-order valence-corrected chi connectivity index (χ2v) is 3.82. The highest BCUT2D eigenvalue weighted by molar-refractivity contribution is 7.88. The number of rotatable bonds is 3. The van der Waals surface area contributed by atoms with Gasteiger partial charge in [0.15, 0.2) is 0 Å². The maximum Gasteiger partial charge on any atom is 0.458 e. The normalized spacial score (nSPS) is 18.0. The average molecular weight is 280 g/mol. The van der Waals surface area contributed by atoms with Gasteiger partial charge in [0.1, 0.15) is 0 Å². The van der Waals surface area contributed by atoms with Crippen LogP contribution in [0.4, 0.5) is 34.6 Å². The van der Waals surface area contributed by atoms with Crippen LogP contribution >= 0.6 is 0 Å². The van der Waals surface area contributed by atoms with Crippen LogP contribution in [0.15, 0.2) is 0 Å². The molecule has 0 aromatic carbocycles. The molecule has 0 heterocycles. The topological polar surface area (TPSA) is 51.2 Å². The van der Waals surface area contributed by atoms with E-state index in [2.05, 4.69) is 0 Å². The van der Waals surface area contributed by atoms with Crippen molar-refractivity contribution in [1.82, 2.24) is 0 Å². The lowest BCUT2D eigenvalue weighted by Gasteiger charge is -2.27. The number of hydrogen-bond acceptors (Lipinski definition) is 3. The first kappa shape index (κ1) is 15.1. The number of carbonyl (C=O) groups excluding carboxylic acids is 1. The summed E-state index contributed by atoms with van der Waals surface area (Å²) in [7, 11) is -7.47. The first-order valence-electron chi connectivity index (χ1n) is 2.97. The molecule has 12 heteroatoms. The standard InChI is InChI=1S/C4F8O3S/c5-1(13)2(6,16(12,14)15)3(7,8)4(9,10)11. The summed E-state index contributed by atoms with van der Waals surface area (Å²) >= 11 is 0. The summed E-state index contributed by atoms with van der Waals surface area (Å²) in [5, 5.41) is -6.64. The number of carbonyl (C=O) groups is 1. The van der Waals surface area contributed by atoms with Crippen molar-refractivity contribution in [2.75, 3.05) is 0 Å². The summed E-state index contributed by atoms with van der Waals surface area (Å²) in [6.45, 7) is 0. The molecule has 0 aliphatic rings. The molecule has 0 bridgehead atoms. The smallest absolute Gasteiger partial charge is 0.256 e. The molecule has 1 atom stereocenters. The van der Waals surface area contributed by atoms with E-state index in [1.807, 2.05) is 0 Å². The van der Waals surface area contributed by atoms with Gasteiger partial charge < -0.3 is 0 Å². The van der Waals surface area contributed by atoms with Gasteiger partial charge in [-0.3, -0.25) is 4.79 Å². The van der Waals surface area contributed by atoms with Crippen LogP contribution in [-0.2, 0) is 15.0 Å². The van der Waals surface area contributed by atoms with E-state index in [4.69, 9.17) is 0 Å². The van der Waals surface area contributed by atoms with Gasteiger partial charge in [0.05, 0.1) is 0 Å². The monoisotopic (exact) mass is 280 g/mol. The number of alkyl halides is 6. The van der Waals surface area contributed by atoms with Crippen molar-refractivity contribution in [1.29, 1.82) is 0 Å². The Morgan fingerprint density at radius 3 is 1.31 bits per heavy atom. The molecule has 0 N–H and O–H groups in total. The minimum Gasteiger partial charge on any atom is -0.256 e. The Kier molecular flexibility index (Phi) is 3.32. The number of hydrogen-bond donors (Lipinski definition) is 0. The lowest BCUT2D eigenvalue weighted by Crippen LogP contribution is -2.61. The average Bonchev–Trinajstić information content (AvgIpc) is 1.97. The van der Waals surface area contributed by atoms with Gasteiger partial charge in [-0.25, -0.2) is 4.39 Å². The summed E-state index contributed by atoms with van der Waals surface area (Å²) < 4.78 is 114. The van der Waals surface area contributed by atoms with Gasteiger partial charge in [-0.1, -0.05) is 0 Å². The quantitative estimate of drug-likeness (QED) is 0.583. The van der Waals surface area contributed by atoms with Crippen LogP contribution in [0.2, 0.25) is 0 Å². The van der Waals surface area contributed by atoms with Crippen LogP contribution in [0.5, 0.6) is 0 Å². The molecule has 0 aromatic rings. The lowest BCUT2D eigenvalue weighted by atomic mass is 10.2. The van der Waals surface area contributed by atoms with Gasteiger partial charge in [0.25, 0.3) is 0 Å². The zero-order valence-electron chi connectivity index (χ0n) is 6.66. The molecule has 1 unspecified atom stereocenters. The summed E-state index contributed by atoms with van der Waals surface area (Å²) in [6.07, 6.45) is -6.97. The van der Waals surface area contributed by atoms with E-state index >= 15 is 0 Å². The van der Waals surface area contributed by atoms with Crippen LogP contribution in [-0.4, -0.2) is 31.6 Å². The Bertz CT molecular complexity index is 396. The molecule has 0 fully saturated rings. The van der Waals surface area contributed by atoms with Crippen LogP contribution in [0.3, 0.4) is 0 Å². The molecule has 0 aromatic heterocycles. The van der Waals surface area contributed by atoms with Crippen LogP contribution in [0, 0.1) is 0 Å². The minimum atomic E-state index is -7.47. The van der Waals surface area contributed by atoms with Crippen molar-refractivity contribution in [3.05, 3.63) is 0 Å². The Hall–Kier alpha value is -0.940. The van der Waals surface area contributed by atoms with E-state index in [0.29, 0.717) is 0 Å². The highest BCUT2D eigenvalue weighted by Crippen LogP contribution is 2.49. The number of halogens is 8. The van der Waals surface area contributed by atoms with Gasteiger partial charge in [0.2, 0.25) is 0 Å². The summed E-state index contributed by atoms with van der Waals surface area (Å²) in [4.78, 5) is 9.56. The van der Waals surface area contributed by atoms with E-state index in [-0.39, 0.29) is 0 Å². The molecule has 0 radical (unpaired) electrons. The molecule has 16 heavy (non-hydrogen) atoms. The lowest BCUT2D eigenvalue weighted by molar-refractivity contribution is -0.308. The van der Waals surface area contributed by atoms with E-state index in [9.17, 15) is 47.8 Å². The van der Waals surface area contributed by atoms with Crippen molar-refractivity contribution in [3.63, 3.8) is 0 Å². The molecule has 0 amide bonds. The van der Waals surface area contributed by atoms with Gasteiger partial charge in [-0.05, 0) is 0 Å². The van der Waals surface area contributed by atoms with E-state index in [1.165, 1.54) is 0 Å². The molecule has 0 rings (SSSR count). The Labute approximate surface area is 82.2 Å². The van der Waals surface area contributed by atoms with Crippen molar-refractivity contribution in [3.8, 4) is 0 Å². The highest BCUT2D eigenvalue weighted by Gasteiger charge is 2.82. The van der Waals surface area contributed by atoms with Crippen molar-refractivity contribution in [2.24, 2.45) is 0 Å². The molecule has 0 spiro atoms. The Morgan fingerprint density at radius 1 is 0.938 bits per heavy atom. The second kappa shape index (κ2) is 3.53. The second-order valence-electron chi connectivity index (χ2n) is 2.38. The Balaban J connectivity index is 6.07. The van der Waals surface area contributed by atoms with Crippen LogP contribution < -0.4 is 0 Å².